The van der Waals surface area contributed by atoms with Gasteiger partial charge in [-0.25, -0.2) is 14.3 Å². The van der Waals surface area contributed by atoms with Crippen LogP contribution in [0.25, 0.3) is 0 Å². The van der Waals surface area contributed by atoms with Gasteiger partial charge in [0.2, 0.25) is 0 Å². The lowest BCUT2D eigenvalue weighted by Gasteiger charge is -2.08. The first kappa shape index (κ1) is 11.9. The molecular weight excluding hydrogens is 222 g/mol. The van der Waals surface area contributed by atoms with Crippen molar-refractivity contribution < 1.29 is 18.0 Å². The lowest BCUT2D eigenvalue weighted by atomic mass is 10.1. The smallest absolute Gasteiger partial charge is 0.323 e. The molecule has 0 aromatic carbocycles. The first-order chi connectivity index (χ1) is 6.94. The number of carbonyl (C=O) groups excluding carboxylic acids is 2. The Morgan fingerprint density at radius 1 is 1.33 bits per heavy atom. The molecule has 7 nitrogen and oxygen atoms in total. The van der Waals surface area contributed by atoms with Gasteiger partial charge in [0.15, 0.2) is 9.84 Å². The highest BCUT2D eigenvalue weighted by Crippen LogP contribution is 2.17. The lowest BCUT2D eigenvalue weighted by molar-refractivity contribution is -0.139. The molecule has 1 heterocycles. The molecule has 4 N–H and O–H groups in total. The van der Waals surface area contributed by atoms with Gasteiger partial charge in [0.1, 0.15) is 0 Å². The van der Waals surface area contributed by atoms with Crippen molar-refractivity contribution in [3.05, 3.63) is 0 Å². The summed E-state index contributed by atoms with van der Waals surface area (Å²) < 4.78 is 22.1. The van der Waals surface area contributed by atoms with E-state index in [4.69, 9.17) is 5.84 Å². The summed E-state index contributed by atoms with van der Waals surface area (Å²) in [5.74, 6) is 3.07. The first-order valence-electron chi connectivity index (χ1n) is 4.44. The van der Waals surface area contributed by atoms with Gasteiger partial charge in [-0.05, 0) is 12.3 Å². The summed E-state index contributed by atoms with van der Waals surface area (Å²) in [6.07, 6.45) is 0.521. The van der Waals surface area contributed by atoms with Crippen LogP contribution in [-0.2, 0) is 19.4 Å². The quantitative estimate of drug-likeness (QED) is 0.212. The molecule has 15 heavy (non-hydrogen) atoms. The molecule has 86 valence electrons. The molecule has 2 amide bonds. The molecule has 0 bridgehead atoms. The van der Waals surface area contributed by atoms with Crippen LogP contribution in [0.2, 0.25) is 0 Å². The zero-order valence-corrected chi connectivity index (χ0v) is 8.84. The Balaban J connectivity index is 2.33. The lowest BCUT2D eigenvalue weighted by Crippen LogP contribution is -2.44. The molecule has 0 saturated carbocycles. The molecule has 0 radical (unpaired) electrons. The van der Waals surface area contributed by atoms with Crippen LogP contribution in [-0.4, -0.2) is 38.3 Å². The molecule has 1 atom stereocenters. The highest BCUT2D eigenvalue weighted by atomic mass is 32.2. The largest absolute Gasteiger partial charge is 0.347 e. The Hall–Kier alpha value is -1.15. The number of hydrogen-bond donors (Lipinski definition) is 3. The van der Waals surface area contributed by atoms with Crippen molar-refractivity contribution >= 4 is 21.7 Å². The van der Waals surface area contributed by atoms with Crippen molar-refractivity contribution in [3.63, 3.8) is 0 Å². The van der Waals surface area contributed by atoms with Gasteiger partial charge in [-0.1, -0.05) is 0 Å². The second-order valence-corrected chi connectivity index (χ2v) is 5.68. The summed E-state index contributed by atoms with van der Waals surface area (Å²) >= 11 is 0. The molecule has 1 aliphatic heterocycles. The van der Waals surface area contributed by atoms with Crippen LogP contribution in [0.4, 0.5) is 0 Å². The maximum atomic E-state index is 11.1. The summed E-state index contributed by atoms with van der Waals surface area (Å²) in [6.45, 7) is 0.186. The molecule has 0 spiro atoms. The number of hydrogen-bond acceptors (Lipinski definition) is 5. The van der Waals surface area contributed by atoms with Crippen LogP contribution >= 0.6 is 0 Å². The second-order valence-electron chi connectivity index (χ2n) is 3.45. The average molecular weight is 235 g/mol. The Morgan fingerprint density at radius 2 is 2.00 bits per heavy atom. The first-order valence-corrected chi connectivity index (χ1v) is 6.26. The maximum absolute atomic E-state index is 11.1. The molecule has 0 aliphatic carbocycles. The van der Waals surface area contributed by atoms with E-state index in [0.29, 0.717) is 6.42 Å². The molecule has 0 aromatic rings. The fourth-order valence-electron chi connectivity index (χ4n) is 1.42. The molecule has 8 heteroatoms. The van der Waals surface area contributed by atoms with Gasteiger partial charge in [0, 0.05) is 6.54 Å². The highest BCUT2D eigenvalue weighted by molar-refractivity contribution is 7.91. The van der Waals surface area contributed by atoms with Gasteiger partial charge >= 0.3 is 11.8 Å². The summed E-state index contributed by atoms with van der Waals surface area (Å²) in [4.78, 5) is 21.6. The predicted octanol–water partition coefficient (Wildman–Crippen LogP) is -2.47. The van der Waals surface area contributed by atoms with E-state index < -0.39 is 21.7 Å². The minimum atomic E-state index is -2.95. The highest BCUT2D eigenvalue weighted by Gasteiger charge is 2.28. The third kappa shape index (κ3) is 3.48. The molecule has 0 aromatic heterocycles. The van der Waals surface area contributed by atoms with Gasteiger partial charge in [0.25, 0.3) is 0 Å². The minimum absolute atomic E-state index is 0.0670. The van der Waals surface area contributed by atoms with Crippen molar-refractivity contribution in [2.24, 2.45) is 11.8 Å². The van der Waals surface area contributed by atoms with Crippen LogP contribution in [0, 0.1) is 5.92 Å². The number of sulfone groups is 1. The summed E-state index contributed by atoms with van der Waals surface area (Å²) in [5.41, 5.74) is 1.69. The number of hydrazine groups is 1. The predicted molar refractivity (Wildman–Crippen MR) is 52.1 cm³/mol. The Bertz CT molecular complexity index is 364. The van der Waals surface area contributed by atoms with Crippen molar-refractivity contribution in [1.82, 2.24) is 10.7 Å². The van der Waals surface area contributed by atoms with Crippen molar-refractivity contribution in [3.8, 4) is 0 Å². The van der Waals surface area contributed by atoms with E-state index in [1.807, 2.05) is 0 Å². The number of nitrogens with two attached hydrogens (primary N) is 1. The van der Waals surface area contributed by atoms with Crippen LogP contribution in [0.5, 0.6) is 0 Å². The van der Waals surface area contributed by atoms with Crippen molar-refractivity contribution in [2.75, 3.05) is 18.1 Å². The van der Waals surface area contributed by atoms with Gasteiger partial charge in [0.05, 0.1) is 11.5 Å². The van der Waals surface area contributed by atoms with Crippen molar-refractivity contribution in [1.29, 1.82) is 0 Å². The molecular formula is C7H13N3O4S. The molecule has 1 rings (SSSR count). The topological polar surface area (TPSA) is 118 Å². The van der Waals surface area contributed by atoms with Gasteiger partial charge in [-0.15, -0.1) is 0 Å². The van der Waals surface area contributed by atoms with E-state index in [1.54, 1.807) is 5.43 Å². The van der Waals surface area contributed by atoms with E-state index in [9.17, 15) is 18.0 Å². The van der Waals surface area contributed by atoms with Gasteiger partial charge in [-0.2, -0.15) is 0 Å². The third-order valence-electron chi connectivity index (χ3n) is 2.22. The third-order valence-corrected chi connectivity index (χ3v) is 4.05. The molecule has 1 saturated heterocycles. The summed E-state index contributed by atoms with van der Waals surface area (Å²) in [7, 11) is -2.95. The molecule has 1 aliphatic rings. The fraction of sp³-hybridized carbons (Fsp3) is 0.714. The van der Waals surface area contributed by atoms with E-state index in [0.717, 1.165) is 0 Å². The number of nitrogens with one attached hydrogen (secondary N) is 2. The van der Waals surface area contributed by atoms with Crippen LogP contribution < -0.4 is 16.6 Å². The van der Waals surface area contributed by atoms with Crippen molar-refractivity contribution in [2.45, 2.75) is 6.42 Å². The van der Waals surface area contributed by atoms with E-state index >= 15 is 0 Å². The molecule has 1 fully saturated rings. The van der Waals surface area contributed by atoms with E-state index in [-0.39, 0.29) is 24.0 Å². The van der Waals surface area contributed by atoms with Crippen LogP contribution in [0.3, 0.4) is 0 Å². The summed E-state index contributed by atoms with van der Waals surface area (Å²) in [6, 6.07) is 0. The Morgan fingerprint density at radius 3 is 2.47 bits per heavy atom. The standard InChI is InChI=1S/C7H13N3O4S/c8-10-7(12)6(11)9-3-5-1-2-15(13,14)4-5/h5H,1-4,8H2,(H,9,11)(H,10,12). The SMILES string of the molecule is NNC(=O)C(=O)NCC1CCS(=O)(=O)C1. The zero-order valence-electron chi connectivity index (χ0n) is 8.02. The second kappa shape index (κ2) is 4.58. The minimum Gasteiger partial charge on any atom is -0.347 e. The number of amides is 2. The van der Waals surface area contributed by atoms with Gasteiger partial charge < -0.3 is 5.32 Å². The number of rotatable bonds is 2. The van der Waals surface area contributed by atoms with Crippen LogP contribution in [0.1, 0.15) is 6.42 Å². The van der Waals surface area contributed by atoms with E-state index in [1.165, 1.54) is 0 Å². The summed E-state index contributed by atoms with van der Waals surface area (Å²) in [5, 5.41) is 2.32. The monoisotopic (exact) mass is 235 g/mol. The van der Waals surface area contributed by atoms with Gasteiger partial charge in [-0.3, -0.25) is 15.0 Å². The Kier molecular flexibility index (Phi) is 3.64. The van der Waals surface area contributed by atoms with E-state index in [2.05, 4.69) is 5.32 Å². The maximum Gasteiger partial charge on any atom is 0.323 e. The Labute approximate surface area is 87.3 Å². The average Bonchev–Trinajstić information content (AvgIpc) is 2.53. The van der Waals surface area contributed by atoms with Crippen LogP contribution in [0.15, 0.2) is 0 Å². The number of carbonyl (C=O) groups is 2. The molecule has 1 unspecified atom stereocenters. The zero-order chi connectivity index (χ0) is 11.5. The fourth-order valence-corrected chi connectivity index (χ4v) is 3.28. The normalized spacial score (nSPS) is 23.4.